The maximum absolute atomic E-state index is 12.7. The lowest BCUT2D eigenvalue weighted by atomic mass is 10.1. The van der Waals surface area contributed by atoms with Gasteiger partial charge in [-0.3, -0.25) is 23.4 Å². The molecule has 0 aromatic heterocycles. The van der Waals surface area contributed by atoms with Gasteiger partial charge in [0.25, 0.3) is 0 Å². The Kier molecular flexibility index (Phi) is 40.8. The topological polar surface area (TPSA) is 155 Å². The first-order chi connectivity index (χ1) is 29.2. The second kappa shape index (κ2) is 42.9. The number of aliphatic hydroxyl groups excluding tert-OH is 1. The Labute approximate surface area is 364 Å². The van der Waals surface area contributed by atoms with Crippen LogP contribution in [0.2, 0.25) is 0 Å². The van der Waals surface area contributed by atoms with Crippen molar-refractivity contribution in [2.75, 3.05) is 26.4 Å². The van der Waals surface area contributed by atoms with E-state index in [0.29, 0.717) is 19.3 Å². The lowest BCUT2D eigenvalue weighted by Gasteiger charge is -2.21. The molecule has 346 valence electrons. The number of unbranched alkanes of at least 4 members (excludes halogenated alkanes) is 16. The predicted molar refractivity (Wildman–Crippen MR) is 242 cm³/mol. The van der Waals surface area contributed by atoms with E-state index in [1.165, 1.54) is 64.2 Å². The van der Waals surface area contributed by atoms with Gasteiger partial charge in [0.2, 0.25) is 0 Å². The third-order valence-electron chi connectivity index (χ3n) is 9.49. The van der Waals surface area contributed by atoms with Crippen molar-refractivity contribution in [1.82, 2.24) is 0 Å². The fraction of sp³-hybridized carbons (Fsp3) is 0.729. The Bertz CT molecular complexity index is 1240. The van der Waals surface area contributed by atoms with Crippen LogP contribution in [0.15, 0.2) is 60.8 Å². The van der Waals surface area contributed by atoms with Gasteiger partial charge < -0.3 is 24.2 Å². The van der Waals surface area contributed by atoms with Crippen molar-refractivity contribution in [3.05, 3.63) is 60.8 Å². The Morgan fingerprint density at radius 3 is 1.27 bits per heavy atom. The fourth-order valence-electron chi connectivity index (χ4n) is 5.96. The highest BCUT2D eigenvalue weighted by Gasteiger charge is 2.28. The minimum absolute atomic E-state index is 0.00448. The molecule has 0 aliphatic heterocycles. The largest absolute Gasteiger partial charge is 0.472 e. The molecule has 0 radical (unpaired) electrons. The van der Waals surface area contributed by atoms with Crippen LogP contribution in [0.25, 0.3) is 0 Å². The van der Waals surface area contributed by atoms with Crippen molar-refractivity contribution in [1.29, 1.82) is 0 Å². The molecule has 2 N–H and O–H groups in total. The average molecular weight is 867 g/mol. The normalized spacial score (nSPS) is 14.2. The van der Waals surface area contributed by atoms with Gasteiger partial charge in [0, 0.05) is 12.8 Å². The number of hydrogen-bond acceptors (Lipinski definition) is 10. The average Bonchev–Trinajstić information content (AvgIpc) is 3.23. The van der Waals surface area contributed by atoms with E-state index in [1.54, 1.807) is 6.08 Å². The molecular formula is C48H83O11P. The van der Waals surface area contributed by atoms with Gasteiger partial charge in [-0.1, -0.05) is 184 Å². The zero-order chi connectivity index (χ0) is 44.2. The second-order valence-corrected chi connectivity index (χ2v) is 16.7. The summed E-state index contributed by atoms with van der Waals surface area (Å²) in [5.74, 6) is -1.62. The van der Waals surface area contributed by atoms with Crippen molar-refractivity contribution in [3.8, 4) is 0 Å². The summed E-state index contributed by atoms with van der Waals surface area (Å²) in [7, 11) is -4.74. The standard InChI is InChI=1S/C48H83O11P/c1-4-7-10-13-16-19-20-21-22-23-24-27-28-31-34-37-46(50)55-41-45(59-48(52)39-36-33-30-26-18-15-12-9-6-3)43-57-60(53,54)56-42-44(40-49)58-47(51)38-35-32-29-25-17-14-11-8-5-2/h7,10,16,19,21-22,24,27,31,34,44-45,49H,4-6,8-9,11-15,17-18,20,23,25-26,28-30,32-33,35-43H2,1-3H3,(H,53,54)/b10-7-,19-16-,22-21-,27-24-,34-31-. The number of phosphoric ester groups is 1. The molecule has 11 nitrogen and oxygen atoms in total. The number of rotatable bonds is 42. The summed E-state index contributed by atoms with van der Waals surface area (Å²) >= 11 is 0. The summed E-state index contributed by atoms with van der Waals surface area (Å²) in [5.41, 5.74) is 0. The minimum Gasteiger partial charge on any atom is -0.461 e. The molecule has 0 bridgehead atoms. The molecule has 60 heavy (non-hydrogen) atoms. The van der Waals surface area contributed by atoms with Crippen LogP contribution >= 0.6 is 7.82 Å². The van der Waals surface area contributed by atoms with Crippen molar-refractivity contribution >= 4 is 25.7 Å². The molecular weight excluding hydrogens is 783 g/mol. The number of esters is 3. The molecule has 0 aliphatic rings. The van der Waals surface area contributed by atoms with Crippen molar-refractivity contribution in [2.24, 2.45) is 0 Å². The van der Waals surface area contributed by atoms with E-state index in [1.807, 2.05) is 12.2 Å². The van der Waals surface area contributed by atoms with Crippen LogP contribution < -0.4 is 0 Å². The molecule has 3 unspecified atom stereocenters. The molecule has 3 atom stereocenters. The van der Waals surface area contributed by atoms with E-state index in [9.17, 15) is 28.9 Å². The zero-order valence-corrected chi connectivity index (χ0v) is 38.6. The van der Waals surface area contributed by atoms with Gasteiger partial charge in [-0.2, -0.15) is 0 Å². The van der Waals surface area contributed by atoms with Crippen LogP contribution in [0.4, 0.5) is 0 Å². The van der Waals surface area contributed by atoms with Gasteiger partial charge in [0.15, 0.2) is 6.10 Å². The second-order valence-electron chi connectivity index (χ2n) is 15.2. The van der Waals surface area contributed by atoms with E-state index < -0.39 is 57.8 Å². The fourth-order valence-corrected chi connectivity index (χ4v) is 6.74. The van der Waals surface area contributed by atoms with E-state index in [0.717, 1.165) is 64.2 Å². The zero-order valence-electron chi connectivity index (χ0n) is 37.7. The SMILES string of the molecule is CC/C=C\C/C=C\C/C=C\C/C=C\C/C=C\CC(=O)OCC(COP(=O)(O)OCC(CO)OC(=O)CCCCCCCCCCC)OC(=O)CCCCCCCCCCC. The number of allylic oxidation sites excluding steroid dienone is 9. The lowest BCUT2D eigenvalue weighted by molar-refractivity contribution is -0.161. The Morgan fingerprint density at radius 2 is 0.850 bits per heavy atom. The monoisotopic (exact) mass is 867 g/mol. The van der Waals surface area contributed by atoms with E-state index in [2.05, 4.69) is 63.3 Å². The first-order valence-electron chi connectivity index (χ1n) is 23.2. The third kappa shape index (κ3) is 40.6. The number of ether oxygens (including phenoxy) is 3. The summed E-state index contributed by atoms with van der Waals surface area (Å²) in [6, 6.07) is 0. The van der Waals surface area contributed by atoms with E-state index in [-0.39, 0.29) is 25.9 Å². The maximum atomic E-state index is 12.7. The smallest absolute Gasteiger partial charge is 0.461 e. The number of carbonyl (C=O) groups is 3. The van der Waals surface area contributed by atoms with Crippen molar-refractivity contribution < 1.29 is 52.2 Å². The first-order valence-corrected chi connectivity index (χ1v) is 24.7. The van der Waals surface area contributed by atoms with Crippen LogP contribution in [-0.4, -0.2) is 66.5 Å². The molecule has 0 spiro atoms. The number of phosphoric acid groups is 1. The molecule has 0 heterocycles. The van der Waals surface area contributed by atoms with Gasteiger partial charge in [0.1, 0.15) is 12.7 Å². The highest BCUT2D eigenvalue weighted by Crippen LogP contribution is 2.43. The molecule has 0 amide bonds. The lowest BCUT2D eigenvalue weighted by Crippen LogP contribution is -2.30. The van der Waals surface area contributed by atoms with Gasteiger partial charge >= 0.3 is 25.7 Å². The van der Waals surface area contributed by atoms with Crippen LogP contribution in [0.1, 0.15) is 188 Å². The van der Waals surface area contributed by atoms with Gasteiger partial charge in [0.05, 0.1) is 26.2 Å². The van der Waals surface area contributed by atoms with Gasteiger partial charge in [-0.05, 0) is 44.9 Å². The Hall–Kier alpha value is -2.82. The number of hydrogen-bond donors (Lipinski definition) is 2. The first kappa shape index (κ1) is 57.2. The van der Waals surface area contributed by atoms with Crippen LogP contribution in [0.5, 0.6) is 0 Å². The molecule has 0 rings (SSSR count). The maximum Gasteiger partial charge on any atom is 0.472 e. The van der Waals surface area contributed by atoms with Gasteiger partial charge in [-0.25, -0.2) is 4.57 Å². The highest BCUT2D eigenvalue weighted by atomic mass is 31.2. The molecule has 0 saturated heterocycles. The quantitative estimate of drug-likeness (QED) is 0.0198. The number of carbonyl (C=O) groups excluding carboxylic acids is 3. The summed E-state index contributed by atoms with van der Waals surface area (Å²) < 4.78 is 39.0. The van der Waals surface area contributed by atoms with Crippen molar-refractivity contribution in [3.63, 3.8) is 0 Å². The molecule has 0 aromatic carbocycles. The third-order valence-corrected chi connectivity index (χ3v) is 10.4. The molecule has 0 aliphatic carbocycles. The van der Waals surface area contributed by atoms with Crippen LogP contribution in [-0.2, 0) is 42.2 Å². The molecule has 0 saturated carbocycles. The van der Waals surface area contributed by atoms with Crippen LogP contribution in [0, 0.1) is 0 Å². The summed E-state index contributed by atoms with van der Waals surface area (Å²) in [6.45, 7) is 4.33. The highest BCUT2D eigenvalue weighted by molar-refractivity contribution is 7.47. The molecule has 12 heteroatoms. The summed E-state index contributed by atoms with van der Waals surface area (Å²) in [6.07, 6.45) is 42.5. The van der Waals surface area contributed by atoms with E-state index in [4.69, 9.17) is 23.3 Å². The molecule has 0 fully saturated rings. The molecule has 0 aromatic rings. The summed E-state index contributed by atoms with van der Waals surface area (Å²) in [5, 5.41) is 9.70. The minimum atomic E-state index is -4.74. The van der Waals surface area contributed by atoms with E-state index >= 15 is 0 Å². The summed E-state index contributed by atoms with van der Waals surface area (Å²) in [4.78, 5) is 47.9. The Morgan fingerprint density at radius 1 is 0.483 bits per heavy atom. The number of aliphatic hydroxyl groups is 1. The van der Waals surface area contributed by atoms with Gasteiger partial charge in [-0.15, -0.1) is 0 Å². The predicted octanol–water partition coefficient (Wildman–Crippen LogP) is 12.5. The Balaban J connectivity index is 4.85. The van der Waals surface area contributed by atoms with Crippen LogP contribution in [0.3, 0.4) is 0 Å². The van der Waals surface area contributed by atoms with Crippen molar-refractivity contribution in [2.45, 2.75) is 200 Å².